The number of esters is 1. The zero-order valence-electron chi connectivity index (χ0n) is 10.8. The Morgan fingerprint density at radius 1 is 1.16 bits per heavy atom. The number of carbonyl (C=O) groups is 2. The molecule has 0 aliphatic carbocycles. The molecular weight excluding hydrogens is 250 g/mol. The molecule has 0 radical (unpaired) electrons. The molecule has 19 heavy (non-hydrogen) atoms. The third-order valence-electron chi connectivity index (χ3n) is 2.21. The van der Waals surface area contributed by atoms with E-state index < -0.39 is 17.5 Å². The first-order chi connectivity index (χ1) is 9.13. The van der Waals surface area contributed by atoms with E-state index in [9.17, 15) is 9.59 Å². The van der Waals surface area contributed by atoms with E-state index in [2.05, 4.69) is 9.89 Å². The van der Waals surface area contributed by atoms with E-state index in [0.717, 1.165) is 0 Å². The Morgan fingerprint density at radius 3 is 2.26 bits per heavy atom. The summed E-state index contributed by atoms with van der Waals surface area (Å²) in [6.45, 7) is 4.04. The lowest BCUT2D eigenvalue weighted by Gasteiger charge is -2.05. The Labute approximate surface area is 110 Å². The molecule has 0 aromatic heterocycles. The van der Waals surface area contributed by atoms with Crippen molar-refractivity contribution in [3.63, 3.8) is 0 Å². The average molecular weight is 265 g/mol. The summed E-state index contributed by atoms with van der Waals surface area (Å²) < 4.78 is 9.86. The third-order valence-corrected chi connectivity index (χ3v) is 2.21. The van der Waals surface area contributed by atoms with Crippen LogP contribution in [-0.2, 0) is 9.53 Å². The van der Waals surface area contributed by atoms with E-state index in [4.69, 9.17) is 9.94 Å². The summed E-state index contributed by atoms with van der Waals surface area (Å²) in [7, 11) is 0. The van der Waals surface area contributed by atoms with Crippen LogP contribution in [0.25, 0.3) is 0 Å². The minimum absolute atomic E-state index is 0.0917. The standard InChI is InChI=1S/C13H15NO5/c1-3-18-10-7-5-9(6-8-10)12(15)11(14-17)13(16)19-4-2/h5-8,17H,3-4H2,1-2H3/b14-11-. The predicted molar refractivity (Wildman–Crippen MR) is 67.8 cm³/mol. The highest BCUT2D eigenvalue weighted by molar-refractivity contribution is 6.67. The molecule has 1 aromatic rings. The number of carbonyl (C=O) groups excluding carboxylic acids is 2. The van der Waals surface area contributed by atoms with Crippen LogP contribution in [0, 0.1) is 0 Å². The van der Waals surface area contributed by atoms with Gasteiger partial charge < -0.3 is 14.7 Å². The highest BCUT2D eigenvalue weighted by Gasteiger charge is 2.24. The second-order valence-electron chi connectivity index (χ2n) is 3.46. The number of benzene rings is 1. The largest absolute Gasteiger partial charge is 0.494 e. The van der Waals surface area contributed by atoms with E-state index in [1.54, 1.807) is 19.1 Å². The van der Waals surface area contributed by atoms with Gasteiger partial charge in [0.15, 0.2) is 0 Å². The first kappa shape index (κ1) is 14.7. The van der Waals surface area contributed by atoms with Crippen LogP contribution in [-0.4, -0.2) is 35.9 Å². The number of hydrogen-bond acceptors (Lipinski definition) is 6. The Bertz CT molecular complexity index is 478. The van der Waals surface area contributed by atoms with E-state index in [-0.39, 0.29) is 12.2 Å². The van der Waals surface area contributed by atoms with Gasteiger partial charge in [-0.25, -0.2) is 4.79 Å². The second kappa shape index (κ2) is 7.15. The fourth-order valence-corrected chi connectivity index (χ4v) is 1.38. The first-order valence-corrected chi connectivity index (χ1v) is 5.80. The summed E-state index contributed by atoms with van der Waals surface area (Å²) in [6, 6.07) is 6.16. The molecule has 1 aromatic carbocycles. The Morgan fingerprint density at radius 2 is 1.79 bits per heavy atom. The summed E-state index contributed by atoms with van der Waals surface area (Å²) in [5.74, 6) is -1.05. The van der Waals surface area contributed by atoms with Crippen molar-refractivity contribution >= 4 is 17.5 Å². The lowest BCUT2D eigenvalue weighted by Crippen LogP contribution is -2.26. The van der Waals surface area contributed by atoms with Crippen molar-refractivity contribution in [3.05, 3.63) is 29.8 Å². The lowest BCUT2D eigenvalue weighted by atomic mass is 10.1. The molecule has 1 N–H and O–H groups in total. The van der Waals surface area contributed by atoms with Gasteiger partial charge in [0, 0.05) is 5.56 Å². The number of hydrogen-bond donors (Lipinski definition) is 1. The van der Waals surface area contributed by atoms with Gasteiger partial charge in [-0.3, -0.25) is 4.79 Å². The molecule has 0 unspecified atom stereocenters. The molecule has 0 bridgehead atoms. The highest BCUT2D eigenvalue weighted by Crippen LogP contribution is 2.13. The molecule has 0 saturated heterocycles. The number of ether oxygens (including phenoxy) is 2. The number of ketones is 1. The van der Waals surface area contributed by atoms with Gasteiger partial charge in [-0.15, -0.1) is 0 Å². The SMILES string of the molecule is CCOC(=O)/C(=N\O)C(=O)c1ccc(OCC)cc1. The number of oxime groups is 1. The van der Waals surface area contributed by atoms with Gasteiger partial charge in [-0.05, 0) is 38.1 Å². The molecule has 0 aliphatic rings. The minimum Gasteiger partial charge on any atom is -0.494 e. The minimum atomic E-state index is -0.955. The van der Waals surface area contributed by atoms with Crippen LogP contribution in [0.2, 0.25) is 0 Å². The molecule has 0 spiro atoms. The molecule has 0 heterocycles. The van der Waals surface area contributed by atoms with Crippen molar-refractivity contribution in [3.8, 4) is 5.75 Å². The van der Waals surface area contributed by atoms with Gasteiger partial charge in [0.05, 0.1) is 13.2 Å². The number of rotatable bonds is 6. The van der Waals surface area contributed by atoms with Crippen LogP contribution in [0.4, 0.5) is 0 Å². The summed E-state index contributed by atoms with van der Waals surface area (Å²) >= 11 is 0. The van der Waals surface area contributed by atoms with E-state index >= 15 is 0 Å². The highest BCUT2D eigenvalue weighted by atomic mass is 16.5. The van der Waals surface area contributed by atoms with Crippen molar-refractivity contribution in [2.75, 3.05) is 13.2 Å². The summed E-state index contributed by atoms with van der Waals surface area (Å²) in [5.41, 5.74) is -0.435. The van der Waals surface area contributed by atoms with Crippen LogP contribution in [0.5, 0.6) is 5.75 Å². The summed E-state index contributed by atoms with van der Waals surface area (Å²) in [4.78, 5) is 23.3. The second-order valence-corrected chi connectivity index (χ2v) is 3.46. The quantitative estimate of drug-likeness (QED) is 0.211. The van der Waals surface area contributed by atoms with Crippen LogP contribution in [0.15, 0.2) is 29.4 Å². The Hall–Kier alpha value is -2.37. The average Bonchev–Trinajstić information content (AvgIpc) is 2.41. The zero-order chi connectivity index (χ0) is 14.3. The lowest BCUT2D eigenvalue weighted by molar-refractivity contribution is -0.135. The van der Waals surface area contributed by atoms with E-state index in [0.29, 0.717) is 12.4 Å². The normalized spacial score (nSPS) is 10.9. The monoisotopic (exact) mass is 265 g/mol. The van der Waals surface area contributed by atoms with Gasteiger partial charge in [0.1, 0.15) is 5.75 Å². The molecule has 0 aliphatic heterocycles. The van der Waals surface area contributed by atoms with Crippen LogP contribution in [0.3, 0.4) is 0 Å². The van der Waals surface area contributed by atoms with E-state index in [1.165, 1.54) is 12.1 Å². The van der Waals surface area contributed by atoms with Crippen LogP contribution < -0.4 is 4.74 Å². The van der Waals surface area contributed by atoms with Crippen LogP contribution >= 0.6 is 0 Å². The third kappa shape index (κ3) is 3.80. The molecule has 0 saturated carbocycles. The van der Waals surface area contributed by atoms with Gasteiger partial charge >= 0.3 is 5.97 Å². The van der Waals surface area contributed by atoms with Gasteiger partial charge in [-0.2, -0.15) is 0 Å². The van der Waals surface area contributed by atoms with Crippen molar-refractivity contribution in [2.24, 2.45) is 5.16 Å². The number of Topliss-reactive ketones (excluding diaryl/α,β-unsaturated/α-hetero) is 1. The molecule has 0 atom stereocenters. The molecule has 6 nitrogen and oxygen atoms in total. The van der Waals surface area contributed by atoms with Crippen molar-refractivity contribution < 1.29 is 24.3 Å². The molecule has 0 amide bonds. The summed E-state index contributed by atoms with van der Waals surface area (Å²) in [6.07, 6.45) is 0. The van der Waals surface area contributed by atoms with Crippen molar-refractivity contribution in [2.45, 2.75) is 13.8 Å². The maximum Gasteiger partial charge on any atom is 0.364 e. The van der Waals surface area contributed by atoms with Gasteiger partial charge in [0.2, 0.25) is 11.5 Å². The fraction of sp³-hybridized carbons (Fsp3) is 0.308. The fourth-order valence-electron chi connectivity index (χ4n) is 1.38. The Kier molecular flexibility index (Phi) is 5.53. The van der Waals surface area contributed by atoms with Crippen molar-refractivity contribution in [1.29, 1.82) is 0 Å². The molecular formula is C13H15NO5. The maximum atomic E-state index is 11.9. The van der Waals surface area contributed by atoms with Gasteiger partial charge in [0.25, 0.3) is 0 Å². The maximum absolute atomic E-state index is 11.9. The van der Waals surface area contributed by atoms with E-state index in [1.807, 2.05) is 6.92 Å². The van der Waals surface area contributed by atoms with Crippen molar-refractivity contribution in [1.82, 2.24) is 0 Å². The molecule has 6 heteroatoms. The van der Waals surface area contributed by atoms with Gasteiger partial charge in [-0.1, -0.05) is 5.16 Å². The molecule has 1 rings (SSSR count). The molecule has 102 valence electrons. The smallest absolute Gasteiger partial charge is 0.364 e. The number of nitrogens with zero attached hydrogens (tertiary/aromatic N) is 1. The van der Waals surface area contributed by atoms with Crippen LogP contribution in [0.1, 0.15) is 24.2 Å². The predicted octanol–water partition coefficient (Wildman–Crippen LogP) is 1.66. The zero-order valence-corrected chi connectivity index (χ0v) is 10.8. The summed E-state index contributed by atoms with van der Waals surface area (Å²) in [5, 5.41) is 11.4. The molecule has 0 fully saturated rings. The topological polar surface area (TPSA) is 85.2 Å². The Balaban J connectivity index is 2.89. The first-order valence-electron chi connectivity index (χ1n) is 5.80.